The number of carbonyl (C=O) groups is 2. The van der Waals surface area contributed by atoms with E-state index in [0.717, 1.165) is 0 Å². The monoisotopic (exact) mass is 304 g/mol. The summed E-state index contributed by atoms with van der Waals surface area (Å²) in [6.07, 6.45) is 1.38. The number of carbonyl (C=O) groups excluding carboxylic acids is 2. The molecule has 0 saturated heterocycles. The lowest BCUT2D eigenvalue weighted by molar-refractivity contribution is 0.0643. The molecule has 1 aromatic carbocycles. The summed E-state index contributed by atoms with van der Waals surface area (Å²) in [4.78, 5) is 30.6. The van der Waals surface area contributed by atoms with Gasteiger partial charge in [-0.3, -0.25) is 14.5 Å². The number of hydrogen-bond donors (Lipinski definition) is 0. The first-order valence-electron chi connectivity index (χ1n) is 7.39. The van der Waals surface area contributed by atoms with Crippen molar-refractivity contribution >= 4 is 17.7 Å². The summed E-state index contributed by atoms with van der Waals surface area (Å²) >= 11 is 0. The second-order valence-corrected chi connectivity index (χ2v) is 4.89. The molecule has 0 radical (unpaired) electrons. The van der Waals surface area contributed by atoms with Crippen molar-refractivity contribution < 1.29 is 19.2 Å². The highest BCUT2D eigenvalue weighted by molar-refractivity contribution is 6.21. The molecule has 6 nitrogen and oxygen atoms in total. The molecule has 1 aliphatic heterocycles. The molecule has 118 valence electrons. The molecule has 0 aliphatic carbocycles. The third kappa shape index (κ3) is 3.63. The Morgan fingerprint density at radius 1 is 1.14 bits per heavy atom. The fraction of sp³-hybridized carbons (Fsp3) is 0.438. The van der Waals surface area contributed by atoms with Crippen LogP contribution in [-0.2, 0) is 9.57 Å². The quantitative estimate of drug-likeness (QED) is 0.255. The SMILES string of the molecule is CCO/C(C)=N/OCCCCN1C(=O)c2ccccc2C1=O. The number of imide groups is 1. The number of unbranched alkanes of at least 4 members (excludes halogenated alkanes) is 1. The van der Waals surface area contributed by atoms with E-state index < -0.39 is 0 Å². The number of fused-ring (bicyclic) bond motifs is 1. The molecular weight excluding hydrogens is 284 g/mol. The van der Waals surface area contributed by atoms with Crippen LogP contribution >= 0.6 is 0 Å². The number of benzene rings is 1. The van der Waals surface area contributed by atoms with E-state index in [1.165, 1.54) is 4.90 Å². The van der Waals surface area contributed by atoms with Gasteiger partial charge in [0.2, 0.25) is 5.90 Å². The lowest BCUT2D eigenvalue weighted by Gasteiger charge is -2.13. The Morgan fingerprint density at radius 2 is 1.77 bits per heavy atom. The second kappa shape index (κ2) is 7.59. The van der Waals surface area contributed by atoms with Crippen LogP contribution in [0.5, 0.6) is 0 Å². The average Bonchev–Trinajstić information content (AvgIpc) is 2.76. The zero-order valence-corrected chi connectivity index (χ0v) is 12.9. The topological polar surface area (TPSA) is 68.2 Å². The Labute approximate surface area is 129 Å². The number of rotatable bonds is 7. The molecule has 1 aromatic rings. The maximum atomic E-state index is 12.1. The minimum absolute atomic E-state index is 0.216. The van der Waals surface area contributed by atoms with Crippen LogP contribution in [0, 0.1) is 0 Å². The van der Waals surface area contributed by atoms with Gasteiger partial charge < -0.3 is 9.57 Å². The van der Waals surface area contributed by atoms with Crippen LogP contribution in [0.1, 0.15) is 47.4 Å². The smallest absolute Gasteiger partial charge is 0.261 e. The first-order chi connectivity index (χ1) is 10.6. The Balaban J connectivity index is 1.74. The Morgan fingerprint density at radius 3 is 2.36 bits per heavy atom. The molecule has 1 heterocycles. The van der Waals surface area contributed by atoms with Crippen molar-refractivity contribution in [3.8, 4) is 0 Å². The number of oxime groups is 1. The second-order valence-electron chi connectivity index (χ2n) is 4.89. The van der Waals surface area contributed by atoms with E-state index in [2.05, 4.69) is 5.16 Å². The first-order valence-corrected chi connectivity index (χ1v) is 7.39. The Bertz CT molecular complexity index is 548. The molecule has 22 heavy (non-hydrogen) atoms. The third-order valence-corrected chi connectivity index (χ3v) is 3.29. The van der Waals surface area contributed by atoms with Crippen LogP contribution in [0.15, 0.2) is 29.4 Å². The minimum atomic E-state index is -0.216. The zero-order chi connectivity index (χ0) is 15.9. The summed E-state index contributed by atoms with van der Waals surface area (Å²) in [7, 11) is 0. The molecule has 6 heteroatoms. The lowest BCUT2D eigenvalue weighted by atomic mass is 10.1. The van der Waals surface area contributed by atoms with Crippen molar-refractivity contribution in [3.63, 3.8) is 0 Å². The summed E-state index contributed by atoms with van der Waals surface area (Å²) in [6.45, 7) is 4.97. The van der Waals surface area contributed by atoms with E-state index in [0.29, 0.717) is 49.6 Å². The largest absolute Gasteiger partial charge is 0.479 e. The van der Waals surface area contributed by atoms with E-state index in [1.54, 1.807) is 31.2 Å². The fourth-order valence-corrected chi connectivity index (χ4v) is 2.25. The molecule has 2 amide bonds. The molecule has 2 rings (SSSR count). The molecule has 0 bridgehead atoms. The highest BCUT2D eigenvalue weighted by atomic mass is 16.6. The molecule has 1 aliphatic rings. The van der Waals surface area contributed by atoms with Gasteiger partial charge in [0.25, 0.3) is 11.8 Å². The molecule has 0 aromatic heterocycles. The maximum Gasteiger partial charge on any atom is 0.261 e. The molecule has 0 fully saturated rings. The number of amides is 2. The maximum absolute atomic E-state index is 12.1. The normalized spacial score (nSPS) is 14.3. The highest BCUT2D eigenvalue weighted by Gasteiger charge is 2.34. The number of ether oxygens (including phenoxy) is 1. The number of hydrogen-bond acceptors (Lipinski definition) is 5. The van der Waals surface area contributed by atoms with Gasteiger partial charge in [0.15, 0.2) is 0 Å². The van der Waals surface area contributed by atoms with Crippen LogP contribution in [0.4, 0.5) is 0 Å². The standard InChI is InChI=1S/C16H20N2O4/c1-3-21-12(2)17-22-11-7-6-10-18-15(19)13-8-4-5-9-14(13)16(18)20/h4-5,8-9H,3,6-7,10-11H2,1-2H3/b17-12+. The van der Waals surface area contributed by atoms with E-state index >= 15 is 0 Å². The third-order valence-electron chi connectivity index (χ3n) is 3.29. The van der Waals surface area contributed by atoms with Crippen molar-refractivity contribution in [2.75, 3.05) is 19.8 Å². The molecule has 0 saturated carbocycles. The average molecular weight is 304 g/mol. The lowest BCUT2D eigenvalue weighted by Crippen LogP contribution is -2.30. The summed E-state index contributed by atoms with van der Waals surface area (Å²) < 4.78 is 5.12. The van der Waals surface area contributed by atoms with Crippen molar-refractivity contribution in [1.29, 1.82) is 0 Å². The van der Waals surface area contributed by atoms with E-state index in [1.807, 2.05) is 6.92 Å². The Kier molecular flexibility index (Phi) is 5.52. The molecule has 0 atom stereocenters. The fourth-order valence-electron chi connectivity index (χ4n) is 2.25. The first kappa shape index (κ1) is 16.0. The molecule has 0 N–H and O–H groups in total. The number of nitrogens with zero attached hydrogens (tertiary/aromatic N) is 2. The van der Waals surface area contributed by atoms with Crippen molar-refractivity contribution in [2.45, 2.75) is 26.7 Å². The van der Waals surface area contributed by atoms with Gasteiger partial charge in [-0.15, -0.1) is 0 Å². The van der Waals surface area contributed by atoms with E-state index in [9.17, 15) is 9.59 Å². The zero-order valence-electron chi connectivity index (χ0n) is 12.9. The van der Waals surface area contributed by atoms with Gasteiger partial charge in [0.1, 0.15) is 6.61 Å². The van der Waals surface area contributed by atoms with Gasteiger partial charge in [0, 0.05) is 13.5 Å². The van der Waals surface area contributed by atoms with Gasteiger partial charge in [-0.25, -0.2) is 0 Å². The summed E-state index contributed by atoms with van der Waals surface area (Å²) in [5, 5.41) is 3.79. The van der Waals surface area contributed by atoms with Crippen LogP contribution < -0.4 is 0 Å². The van der Waals surface area contributed by atoms with Gasteiger partial charge in [0.05, 0.1) is 17.7 Å². The molecule has 0 spiro atoms. The highest BCUT2D eigenvalue weighted by Crippen LogP contribution is 2.22. The van der Waals surface area contributed by atoms with Gasteiger partial charge in [-0.1, -0.05) is 17.3 Å². The predicted octanol–water partition coefficient (Wildman–Crippen LogP) is 2.45. The molecular formula is C16H20N2O4. The minimum Gasteiger partial charge on any atom is -0.479 e. The van der Waals surface area contributed by atoms with Gasteiger partial charge >= 0.3 is 0 Å². The van der Waals surface area contributed by atoms with Crippen LogP contribution in [0.3, 0.4) is 0 Å². The Hall–Kier alpha value is -2.37. The van der Waals surface area contributed by atoms with Crippen LogP contribution in [0.25, 0.3) is 0 Å². The van der Waals surface area contributed by atoms with Crippen LogP contribution in [-0.4, -0.2) is 42.4 Å². The van der Waals surface area contributed by atoms with Gasteiger partial charge in [-0.2, -0.15) is 0 Å². The van der Waals surface area contributed by atoms with Crippen molar-refractivity contribution in [3.05, 3.63) is 35.4 Å². The van der Waals surface area contributed by atoms with E-state index in [-0.39, 0.29) is 11.8 Å². The molecule has 0 unspecified atom stereocenters. The summed E-state index contributed by atoms with van der Waals surface area (Å²) in [5.74, 6) is 0.0568. The summed E-state index contributed by atoms with van der Waals surface area (Å²) in [6, 6.07) is 6.90. The van der Waals surface area contributed by atoms with Gasteiger partial charge in [-0.05, 0) is 31.9 Å². The predicted molar refractivity (Wildman–Crippen MR) is 81.7 cm³/mol. The van der Waals surface area contributed by atoms with Crippen molar-refractivity contribution in [2.24, 2.45) is 5.16 Å². The van der Waals surface area contributed by atoms with Crippen molar-refractivity contribution in [1.82, 2.24) is 4.90 Å². The summed E-state index contributed by atoms with van der Waals surface area (Å²) in [5.41, 5.74) is 0.973. The van der Waals surface area contributed by atoms with E-state index in [4.69, 9.17) is 9.57 Å². The van der Waals surface area contributed by atoms with Crippen LogP contribution in [0.2, 0.25) is 0 Å².